The number of nitrogens with zero attached hydrogens (tertiary/aromatic N) is 1. The van der Waals surface area contributed by atoms with Gasteiger partial charge < -0.3 is 10.3 Å². The van der Waals surface area contributed by atoms with Gasteiger partial charge in [-0.25, -0.2) is 4.98 Å². The van der Waals surface area contributed by atoms with E-state index in [0.717, 1.165) is 5.65 Å². The maximum atomic E-state index is 4.30. The van der Waals surface area contributed by atoms with Crippen LogP contribution < -0.4 is 5.32 Å². The molecule has 0 atom stereocenters. The molecule has 0 amide bonds. The van der Waals surface area contributed by atoms with Crippen LogP contribution >= 0.6 is 0 Å². The Hall–Kier alpha value is -1.51. The molecule has 1 aliphatic rings. The van der Waals surface area contributed by atoms with Gasteiger partial charge in [0, 0.05) is 29.5 Å². The maximum absolute atomic E-state index is 4.30. The van der Waals surface area contributed by atoms with Gasteiger partial charge in [-0.05, 0) is 25.0 Å². The highest BCUT2D eigenvalue weighted by Crippen LogP contribution is 2.25. The predicted octanol–water partition coefficient (Wildman–Crippen LogP) is 6.39. The third-order valence-corrected chi connectivity index (χ3v) is 3.42. The Morgan fingerprint density at radius 3 is 2.23 bits per heavy atom. The number of hydrogen-bond acceptors (Lipinski definition) is 2. The van der Waals surface area contributed by atoms with Crippen LogP contribution in [0.15, 0.2) is 24.5 Å². The van der Waals surface area contributed by atoms with E-state index in [1.165, 1.54) is 43.2 Å². The number of aromatic amines is 1. The Balaban J connectivity index is 0.000000661. The summed E-state index contributed by atoms with van der Waals surface area (Å²) >= 11 is 0. The van der Waals surface area contributed by atoms with Gasteiger partial charge in [0.1, 0.15) is 5.65 Å². The van der Waals surface area contributed by atoms with Gasteiger partial charge in [-0.1, -0.05) is 60.8 Å². The molecular formula is C19H35N3. The van der Waals surface area contributed by atoms with E-state index in [9.17, 15) is 0 Å². The van der Waals surface area contributed by atoms with Crippen LogP contribution in [0.2, 0.25) is 0 Å². The molecule has 2 heterocycles. The third kappa shape index (κ3) is 6.08. The molecule has 0 saturated heterocycles. The summed E-state index contributed by atoms with van der Waals surface area (Å²) in [6, 6.07) is 4.81. The molecule has 1 fully saturated rings. The van der Waals surface area contributed by atoms with Crippen LogP contribution in [0.25, 0.3) is 11.0 Å². The van der Waals surface area contributed by atoms with Crippen molar-refractivity contribution in [1.82, 2.24) is 9.97 Å². The molecule has 2 N–H and O–H groups in total. The lowest BCUT2D eigenvalue weighted by atomic mass is 9.95. The zero-order valence-corrected chi connectivity index (χ0v) is 15.4. The molecule has 0 unspecified atom stereocenters. The second kappa shape index (κ2) is 13.2. The summed E-state index contributed by atoms with van der Waals surface area (Å²) in [6.45, 7) is 12.0. The molecule has 3 nitrogen and oxygen atoms in total. The minimum absolute atomic E-state index is 0.647. The molecule has 2 aromatic heterocycles. The fourth-order valence-corrected chi connectivity index (χ4v) is 2.55. The topological polar surface area (TPSA) is 40.7 Å². The van der Waals surface area contributed by atoms with Crippen LogP contribution in [-0.2, 0) is 0 Å². The first-order valence-electron chi connectivity index (χ1n) is 9.12. The van der Waals surface area contributed by atoms with E-state index in [4.69, 9.17) is 0 Å². The summed E-state index contributed by atoms with van der Waals surface area (Å²) < 4.78 is 0. The average Bonchev–Trinajstić information content (AvgIpc) is 3.11. The van der Waals surface area contributed by atoms with E-state index in [2.05, 4.69) is 27.4 Å². The van der Waals surface area contributed by atoms with Crippen molar-refractivity contribution in [2.45, 2.75) is 79.7 Å². The number of H-pyrrole nitrogens is 1. The molecule has 0 aliphatic heterocycles. The highest BCUT2D eigenvalue weighted by molar-refractivity contribution is 5.89. The Morgan fingerprint density at radius 2 is 1.59 bits per heavy atom. The summed E-state index contributed by atoms with van der Waals surface area (Å²) in [4.78, 5) is 7.45. The van der Waals surface area contributed by atoms with Crippen LogP contribution in [0, 0.1) is 0 Å². The first kappa shape index (κ1) is 20.5. The van der Waals surface area contributed by atoms with Gasteiger partial charge in [0.05, 0.1) is 0 Å². The van der Waals surface area contributed by atoms with E-state index in [-0.39, 0.29) is 0 Å². The Labute approximate surface area is 136 Å². The third-order valence-electron chi connectivity index (χ3n) is 3.42. The summed E-state index contributed by atoms with van der Waals surface area (Å²) in [5.41, 5.74) is 2.19. The number of aromatic nitrogens is 2. The summed E-state index contributed by atoms with van der Waals surface area (Å²) in [6.07, 6.45) is 10.5. The maximum Gasteiger partial charge on any atom is 0.139 e. The quantitative estimate of drug-likeness (QED) is 0.675. The number of pyridine rings is 1. The van der Waals surface area contributed by atoms with Gasteiger partial charge >= 0.3 is 0 Å². The molecule has 0 spiro atoms. The molecule has 0 bridgehead atoms. The second-order valence-electron chi connectivity index (χ2n) is 4.58. The van der Waals surface area contributed by atoms with Crippen molar-refractivity contribution in [3.63, 3.8) is 0 Å². The monoisotopic (exact) mass is 305 g/mol. The fourth-order valence-electron chi connectivity index (χ4n) is 2.55. The number of fused-ring (bicyclic) bond motifs is 1. The van der Waals surface area contributed by atoms with E-state index >= 15 is 0 Å². The van der Waals surface area contributed by atoms with E-state index < -0.39 is 0 Å². The summed E-state index contributed by atoms with van der Waals surface area (Å²) in [7, 11) is 0. The average molecular weight is 306 g/mol. The van der Waals surface area contributed by atoms with Crippen LogP contribution in [-0.4, -0.2) is 16.0 Å². The van der Waals surface area contributed by atoms with Gasteiger partial charge in [-0.15, -0.1) is 0 Å². The number of hydrogen-bond donors (Lipinski definition) is 2. The standard InChI is InChI=1S/C13H17N3.3C2H6/c1-2-4-10(5-3-1)16-12-7-9-15-13-11(12)6-8-14-13;3*1-2/h6-10H,1-5H2,(H2,14,15,16);3*1-2H3. The normalized spacial score (nSPS) is 13.7. The van der Waals surface area contributed by atoms with Crippen molar-refractivity contribution in [1.29, 1.82) is 0 Å². The van der Waals surface area contributed by atoms with Crippen molar-refractivity contribution in [3.8, 4) is 0 Å². The van der Waals surface area contributed by atoms with E-state index in [0.29, 0.717) is 6.04 Å². The van der Waals surface area contributed by atoms with Crippen molar-refractivity contribution in [2.75, 3.05) is 5.32 Å². The molecule has 1 aliphatic carbocycles. The van der Waals surface area contributed by atoms with Gasteiger partial charge in [0.25, 0.3) is 0 Å². The predicted molar refractivity (Wildman–Crippen MR) is 101 cm³/mol. The van der Waals surface area contributed by atoms with Crippen LogP contribution in [0.1, 0.15) is 73.6 Å². The smallest absolute Gasteiger partial charge is 0.139 e. The molecule has 22 heavy (non-hydrogen) atoms. The van der Waals surface area contributed by atoms with Crippen LogP contribution in [0.5, 0.6) is 0 Å². The second-order valence-corrected chi connectivity index (χ2v) is 4.58. The molecule has 2 aromatic rings. The molecule has 0 radical (unpaired) electrons. The van der Waals surface area contributed by atoms with Gasteiger partial charge in [0.2, 0.25) is 0 Å². The summed E-state index contributed by atoms with van der Waals surface area (Å²) in [5.74, 6) is 0. The largest absolute Gasteiger partial charge is 0.382 e. The number of anilines is 1. The first-order chi connectivity index (χ1) is 10.9. The molecule has 126 valence electrons. The minimum atomic E-state index is 0.647. The number of rotatable bonds is 2. The molecular weight excluding hydrogens is 270 g/mol. The highest BCUT2D eigenvalue weighted by Gasteiger charge is 2.14. The van der Waals surface area contributed by atoms with E-state index in [1.807, 2.05) is 53.9 Å². The number of nitrogens with one attached hydrogen (secondary N) is 2. The van der Waals surface area contributed by atoms with Crippen molar-refractivity contribution in [2.24, 2.45) is 0 Å². The molecule has 3 rings (SSSR count). The van der Waals surface area contributed by atoms with Crippen LogP contribution in [0.3, 0.4) is 0 Å². The molecule has 0 aromatic carbocycles. The van der Waals surface area contributed by atoms with Crippen LogP contribution in [0.4, 0.5) is 5.69 Å². The lowest BCUT2D eigenvalue weighted by molar-refractivity contribution is 0.463. The highest BCUT2D eigenvalue weighted by atomic mass is 14.9. The zero-order valence-electron chi connectivity index (χ0n) is 15.4. The lowest BCUT2D eigenvalue weighted by Crippen LogP contribution is -2.22. The lowest BCUT2D eigenvalue weighted by Gasteiger charge is -2.24. The molecule has 1 saturated carbocycles. The zero-order chi connectivity index (χ0) is 16.8. The Bertz CT molecular complexity index is 470. The Kier molecular flexibility index (Phi) is 12.3. The van der Waals surface area contributed by atoms with Crippen molar-refractivity contribution < 1.29 is 0 Å². The fraction of sp³-hybridized carbons (Fsp3) is 0.632. The first-order valence-corrected chi connectivity index (χ1v) is 9.12. The summed E-state index contributed by atoms with van der Waals surface area (Å²) in [5, 5.41) is 4.85. The van der Waals surface area contributed by atoms with Gasteiger partial charge in [-0.3, -0.25) is 0 Å². The van der Waals surface area contributed by atoms with Gasteiger partial charge in [0.15, 0.2) is 0 Å². The minimum Gasteiger partial charge on any atom is -0.382 e. The Morgan fingerprint density at radius 1 is 0.955 bits per heavy atom. The molecule has 3 heteroatoms. The van der Waals surface area contributed by atoms with E-state index in [1.54, 1.807) is 0 Å². The van der Waals surface area contributed by atoms with Gasteiger partial charge in [-0.2, -0.15) is 0 Å². The van der Waals surface area contributed by atoms with Crippen molar-refractivity contribution in [3.05, 3.63) is 24.5 Å². The SMILES string of the molecule is CC.CC.CC.c1cc(NC2CCCCC2)c2cc[nH]c2n1. The van der Waals surface area contributed by atoms with Crippen molar-refractivity contribution >= 4 is 16.7 Å².